The second-order valence-electron chi connectivity index (χ2n) is 2.85. The molecule has 0 radical (unpaired) electrons. The van der Waals surface area contributed by atoms with Crippen LogP contribution in [0.25, 0.3) is 0 Å². The first-order chi connectivity index (χ1) is 6.68. The number of carbonyl (C=O) groups is 1. The van der Waals surface area contributed by atoms with E-state index in [0.29, 0.717) is 6.61 Å². The van der Waals surface area contributed by atoms with Crippen LogP contribution >= 0.6 is 12.6 Å². The Kier molecular flexibility index (Phi) is 4.49. The molecular formula is C10H12O3S. The summed E-state index contributed by atoms with van der Waals surface area (Å²) < 4.78 is 5.22. The van der Waals surface area contributed by atoms with Gasteiger partial charge < -0.3 is 9.84 Å². The van der Waals surface area contributed by atoms with Crippen molar-refractivity contribution in [3.05, 3.63) is 35.9 Å². The molecule has 0 bridgehead atoms. The molecule has 0 aliphatic rings. The fourth-order valence-electron chi connectivity index (χ4n) is 0.975. The van der Waals surface area contributed by atoms with E-state index in [4.69, 9.17) is 9.84 Å². The number of benzene rings is 1. The lowest BCUT2D eigenvalue weighted by atomic mass is 10.2. The van der Waals surface area contributed by atoms with E-state index in [1.807, 2.05) is 30.3 Å². The quantitative estimate of drug-likeness (QED) is 0.579. The highest BCUT2D eigenvalue weighted by atomic mass is 32.1. The summed E-state index contributed by atoms with van der Waals surface area (Å²) in [5, 5.41) is 8.45. The highest BCUT2D eigenvalue weighted by Gasteiger charge is 2.08. The molecule has 14 heavy (non-hydrogen) atoms. The topological polar surface area (TPSA) is 46.5 Å². The third kappa shape index (κ3) is 4.30. The Morgan fingerprint density at radius 2 is 2.07 bits per heavy atom. The van der Waals surface area contributed by atoms with Crippen LogP contribution in [-0.4, -0.2) is 16.5 Å². The van der Waals surface area contributed by atoms with E-state index in [-0.39, 0.29) is 6.42 Å². The molecule has 1 rings (SSSR count). The van der Waals surface area contributed by atoms with Crippen molar-refractivity contribution < 1.29 is 14.6 Å². The van der Waals surface area contributed by atoms with Crippen molar-refractivity contribution in [1.82, 2.24) is 0 Å². The molecule has 0 aromatic heterocycles. The van der Waals surface area contributed by atoms with Crippen LogP contribution < -0.4 is 0 Å². The fraction of sp³-hybridized carbons (Fsp3) is 0.300. The maximum Gasteiger partial charge on any atom is 0.306 e. The van der Waals surface area contributed by atoms with Crippen molar-refractivity contribution in [3.8, 4) is 0 Å². The molecule has 0 saturated carbocycles. The first kappa shape index (κ1) is 11.1. The normalized spacial score (nSPS) is 12.4. The van der Waals surface area contributed by atoms with Gasteiger partial charge in [0, 0.05) is 0 Å². The van der Waals surface area contributed by atoms with Gasteiger partial charge in [-0.25, -0.2) is 0 Å². The maximum absolute atomic E-state index is 10.3. The molecule has 1 N–H and O–H groups in total. The number of hydrogen-bond acceptors (Lipinski definition) is 3. The highest BCUT2D eigenvalue weighted by molar-refractivity contribution is 7.80. The second-order valence-corrected chi connectivity index (χ2v) is 3.43. The Labute approximate surface area is 88.1 Å². The van der Waals surface area contributed by atoms with Crippen LogP contribution in [0.2, 0.25) is 0 Å². The van der Waals surface area contributed by atoms with Gasteiger partial charge in [0.1, 0.15) is 5.44 Å². The van der Waals surface area contributed by atoms with Gasteiger partial charge in [-0.1, -0.05) is 30.3 Å². The average Bonchev–Trinajstić information content (AvgIpc) is 2.15. The summed E-state index contributed by atoms with van der Waals surface area (Å²) in [7, 11) is 0. The van der Waals surface area contributed by atoms with Crippen LogP contribution in [0.3, 0.4) is 0 Å². The molecule has 0 saturated heterocycles. The van der Waals surface area contributed by atoms with E-state index in [1.54, 1.807) is 0 Å². The Bertz CT molecular complexity index is 287. The van der Waals surface area contributed by atoms with Crippen molar-refractivity contribution in [3.63, 3.8) is 0 Å². The second kappa shape index (κ2) is 5.67. The fourth-order valence-corrected chi connectivity index (χ4v) is 1.21. The van der Waals surface area contributed by atoms with E-state index in [1.165, 1.54) is 0 Å². The van der Waals surface area contributed by atoms with E-state index in [0.717, 1.165) is 5.56 Å². The van der Waals surface area contributed by atoms with E-state index in [9.17, 15) is 4.79 Å². The zero-order chi connectivity index (χ0) is 10.4. The van der Waals surface area contributed by atoms with Crippen molar-refractivity contribution in [2.24, 2.45) is 0 Å². The van der Waals surface area contributed by atoms with Gasteiger partial charge in [-0.3, -0.25) is 4.79 Å². The van der Waals surface area contributed by atoms with Gasteiger partial charge in [0.05, 0.1) is 13.0 Å². The molecule has 3 nitrogen and oxygen atoms in total. The smallest absolute Gasteiger partial charge is 0.306 e. The van der Waals surface area contributed by atoms with E-state index in [2.05, 4.69) is 12.6 Å². The van der Waals surface area contributed by atoms with Crippen LogP contribution in [0.4, 0.5) is 0 Å². The molecule has 0 amide bonds. The summed E-state index contributed by atoms with van der Waals surface area (Å²) in [5.74, 6) is -0.905. The van der Waals surface area contributed by atoms with Gasteiger partial charge in [0.15, 0.2) is 0 Å². The molecule has 0 spiro atoms. The Hall–Kier alpha value is -1.00. The average molecular weight is 212 g/mol. The largest absolute Gasteiger partial charge is 0.481 e. The minimum atomic E-state index is -0.905. The van der Waals surface area contributed by atoms with Crippen molar-refractivity contribution in [2.45, 2.75) is 18.5 Å². The summed E-state index contributed by atoms with van der Waals surface area (Å²) in [5.41, 5.74) is 0.463. The lowest BCUT2D eigenvalue weighted by molar-refractivity contribution is -0.138. The summed E-state index contributed by atoms with van der Waals surface area (Å²) in [6.45, 7) is 0.391. The van der Waals surface area contributed by atoms with Crippen LogP contribution in [-0.2, 0) is 16.1 Å². The van der Waals surface area contributed by atoms with Crippen molar-refractivity contribution in [1.29, 1.82) is 0 Å². The molecule has 0 heterocycles. The Morgan fingerprint density at radius 1 is 1.43 bits per heavy atom. The first-order valence-corrected chi connectivity index (χ1v) is 4.75. The van der Waals surface area contributed by atoms with E-state index < -0.39 is 11.4 Å². The van der Waals surface area contributed by atoms with Gasteiger partial charge in [-0.2, -0.15) is 0 Å². The van der Waals surface area contributed by atoms with Gasteiger partial charge in [-0.15, -0.1) is 12.6 Å². The Balaban J connectivity index is 2.30. The van der Waals surface area contributed by atoms with Gasteiger partial charge in [0.25, 0.3) is 0 Å². The molecule has 1 atom stereocenters. The number of hydrogen-bond donors (Lipinski definition) is 2. The zero-order valence-corrected chi connectivity index (χ0v) is 8.48. The Morgan fingerprint density at radius 3 is 2.64 bits per heavy atom. The predicted molar refractivity (Wildman–Crippen MR) is 56.3 cm³/mol. The van der Waals surface area contributed by atoms with Crippen LogP contribution in [0.1, 0.15) is 12.0 Å². The molecule has 0 fully saturated rings. The van der Waals surface area contributed by atoms with Gasteiger partial charge in [0.2, 0.25) is 0 Å². The molecule has 0 unspecified atom stereocenters. The predicted octanol–water partition coefficient (Wildman–Crippen LogP) is 1.93. The number of ether oxygens (including phenoxy) is 1. The number of rotatable bonds is 5. The summed E-state index contributed by atoms with van der Waals surface area (Å²) in [6.07, 6.45) is -0.0874. The SMILES string of the molecule is O=C(O)C[C@@H](S)OCc1ccccc1. The summed E-state index contributed by atoms with van der Waals surface area (Å²) in [6, 6.07) is 9.56. The molecular weight excluding hydrogens is 200 g/mol. The highest BCUT2D eigenvalue weighted by Crippen LogP contribution is 2.08. The summed E-state index contributed by atoms with van der Waals surface area (Å²) >= 11 is 4.00. The van der Waals surface area contributed by atoms with Crippen LogP contribution in [0, 0.1) is 0 Å². The number of carboxylic acid groups (broad SMARTS) is 1. The maximum atomic E-state index is 10.3. The first-order valence-electron chi connectivity index (χ1n) is 4.24. The number of thiol groups is 1. The molecule has 4 heteroatoms. The number of carboxylic acids is 1. The molecule has 1 aromatic carbocycles. The minimum absolute atomic E-state index is 0.0874. The van der Waals surface area contributed by atoms with Crippen LogP contribution in [0.15, 0.2) is 30.3 Å². The van der Waals surface area contributed by atoms with Crippen LogP contribution in [0.5, 0.6) is 0 Å². The third-order valence-corrected chi connectivity index (χ3v) is 1.97. The monoisotopic (exact) mass is 212 g/mol. The van der Waals surface area contributed by atoms with Crippen molar-refractivity contribution >= 4 is 18.6 Å². The van der Waals surface area contributed by atoms with Gasteiger partial charge in [-0.05, 0) is 5.56 Å². The number of aliphatic carboxylic acids is 1. The lowest BCUT2D eigenvalue weighted by Gasteiger charge is -2.09. The molecule has 0 aliphatic carbocycles. The molecule has 0 aliphatic heterocycles. The van der Waals surface area contributed by atoms with Crippen molar-refractivity contribution in [2.75, 3.05) is 0 Å². The van der Waals surface area contributed by atoms with E-state index >= 15 is 0 Å². The standard InChI is InChI=1S/C10H12O3S/c11-9(12)6-10(14)13-7-8-4-2-1-3-5-8/h1-5,10,14H,6-7H2,(H,11,12)/t10-/m1/s1. The minimum Gasteiger partial charge on any atom is -0.481 e. The zero-order valence-electron chi connectivity index (χ0n) is 7.59. The van der Waals surface area contributed by atoms with Gasteiger partial charge >= 0.3 is 5.97 Å². The lowest BCUT2D eigenvalue weighted by Crippen LogP contribution is -2.11. The molecule has 1 aromatic rings. The third-order valence-electron chi connectivity index (χ3n) is 1.63. The molecule has 76 valence electrons. The summed E-state index contributed by atoms with van der Waals surface area (Å²) in [4.78, 5) is 10.3.